The van der Waals surface area contributed by atoms with Crippen LogP contribution < -0.4 is 20.7 Å². The highest BCUT2D eigenvalue weighted by atomic mass is 16.7. The summed E-state index contributed by atoms with van der Waals surface area (Å²) in [6.45, 7) is 5.01. The molecule has 5 atom stereocenters. The molecule has 2 fully saturated rings. The van der Waals surface area contributed by atoms with Gasteiger partial charge in [-0.2, -0.15) is 0 Å². The van der Waals surface area contributed by atoms with E-state index in [1.807, 2.05) is 12.1 Å². The Kier molecular flexibility index (Phi) is 10.8. The Morgan fingerprint density at radius 1 is 1.00 bits per heavy atom. The molecule has 0 bridgehead atoms. The Bertz CT molecular complexity index is 1550. The molecule has 0 saturated carbocycles. The second-order valence-electron chi connectivity index (χ2n) is 12.3. The first-order chi connectivity index (χ1) is 22.5. The van der Waals surface area contributed by atoms with E-state index in [-0.39, 0.29) is 12.5 Å². The third-order valence-electron chi connectivity index (χ3n) is 8.43. The molecule has 2 saturated heterocycles. The number of carbonyl (C=O) groups is 3. The number of hydrogen-bond donors (Lipinski definition) is 7. The Balaban J connectivity index is 1.15. The second-order valence-corrected chi connectivity index (χ2v) is 12.3. The maximum Gasteiger partial charge on any atom is 0.251 e. The van der Waals surface area contributed by atoms with E-state index < -0.39 is 54.7 Å². The Morgan fingerprint density at radius 3 is 2.43 bits per heavy atom. The summed E-state index contributed by atoms with van der Waals surface area (Å²) in [4.78, 5) is 39.8. The fourth-order valence-electron chi connectivity index (χ4n) is 5.77. The van der Waals surface area contributed by atoms with Gasteiger partial charge in [-0.1, -0.05) is 18.2 Å². The molecule has 2 aliphatic rings. The first kappa shape index (κ1) is 34.3. The molecule has 1 aromatic heterocycles. The fraction of sp³-hybridized carbons (Fsp3) is 0.485. The number of amides is 3. The normalized spacial score (nSPS) is 23.4. The Hall–Kier alpha value is -4.05. The lowest BCUT2D eigenvalue weighted by Crippen LogP contribution is -2.60. The van der Waals surface area contributed by atoms with Gasteiger partial charge in [0, 0.05) is 37.3 Å². The standard InChI is InChI=1S/C33H42N4O10/c1-33(2,32(44)37-14-12-34-13-15-37)36-25(39)16-35-30(43)20-9-6-19(7-10-20)8-11-21-18-45-22-4-3-5-23(26(21)22)46-31-29(42)28(41)27(40)24(17-38)47-31/h3-7,9-10,18,24,27-29,31,34,38,40-42H,8,11-17H2,1-2H3,(H,35,43)(H,36,39)/t24-,27-,28+,29-,31-/m1/s1. The molecule has 254 valence electrons. The van der Waals surface area contributed by atoms with Gasteiger partial charge in [0.15, 0.2) is 0 Å². The number of benzene rings is 2. The van der Waals surface area contributed by atoms with Crippen molar-refractivity contribution in [1.82, 2.24) is 20.9 Å². The predicted octanol–water partition coefficient (Wildman–Crippen LogP) is -0.547. The minimum absolute atomic E-state index is 0.171. The molecule has 5 rings (SSSR count). The third kappa shape index (κ3) is 7.92. The number of fused-ring (bicyclic) bond motifs is 1. The van der Waals surface area contributed by atoms with E-state index in [9.17, 15) is 34.8 Å². The fourth-order valence-corrected chi connectivity index (χ4v) is 5.77. The monoisotopic (exact) mass is 654 g/mol. The van der Waals surface area contributed by atoms with Crippen molar-refractivity contribution in [2.75, 3.05) is 39.3 Å². The summed E-state index contributed by atoms with van der Waals surface area (Å²) in [7, 11) is 0. The van der Waals surface area contributed by atoms with Crippen molar-refractivity contribution < 1.29 is 48.7 Å². The molecule has 7 N–H and O–H groups in total. The van der Waals surface area contributed by atoms with Crippen LogP contribution in [0.4, 0.5) is 0 Å². The number of nitrogens with zero attached hydrogens (tertiary/aromatic N) is 1. The van der Waals surface area contributed by atoms with Gasteiger partial charge < -0.3 is 55.2 Å². The Labute approximate surface area is 271 Å². The molecule has 0 spiro atoms. The van der Waals surface area contributed by atoms with Gasteiger partial charge in [-0.05, 0) is 56.5 Å². The number of rotatable bonds is 11. The van der Waals surface area contributed by atoms with Crippen LogP contribution in [0.25, 0.3) is 11.0 Å². The summed E-state index contributed by atoms with van der Waals surface area (Å²) in [6, 6.07) is 12.1. The van der Waals surface area contributed by atoms with Gasteiger partial charge in [0.05, 0.1) is 24.8 Å². The van der Waals surface area contributed by atoms with E-state index in [1.165, 1.54) is 0 Å². The number of ether oxygens (including phenoxy) is 2. The Morgan fingerprint density at radius 2 is 1.72 bits per heavy atom. The van der Waals surface area contributed by atoms with Gasteiger partial charge in [-0.15, -0.1) is 0 Å². The SMILES string of the molecule is CC(C)(NC(=O)CNC(=O)c1ccc(CCc2coc3cccc(O[C@@H]4O[C@H](CO)[C@@H](O)[C@H](O)[C@H]4O)c23)cc1)C(=O)N1CCNCC1. The number of furan rings is 1. The number of aryl methyl sites for hydroxylation is 2. The molecule has 3 aromatic rings. The summed E-state index contributed by atoms with van der Waals surface area (Å²) in [5, 5.41) is 49.3. The van der Waals surface area contributed by atoms with E-state index in [2.05, 4.69) is 16.0 Å². The van der Waals surface area contributed by atoms with Crippen LogP contribution >= 0.6 is 0 Å². The molecule has 47 heavy (non-hydrogen) atoms. The van der Waals surface area contributed by atoms with Crippen LogP contribution in [-0.2, 0) is 27.2 Å². The van der Waals surface area contributed by atoms with E-state index in [4.69, 9.17) is 13.9 Å². The molecule has 2 aliphatic heterocycles. The van der Waals surface area contributed by atoms with Crippen LogP contribution in [0.5, 0.6) is 5.75 Å². The van der Waals surface area contributed by atoms with Gasteiger partial charge in [-0.3, -0.25) is 14.4 Å². The predicted molar refractivity (Wildman–Crippen MR) is 168 cm³/mol. The number of piperazine rings is 1. The van der Waals surface area contributed by atoms with Crippen molar-refractivity contribution in [2.24, 2.45) is 0 Å². The summed E-state index contributed by atoms with van der Waals surface area (Å²) in [5.74, 6) is -0.724. The first-order valence-corrected chi connectivity index (χ1v) is 15.6. The van der Waals surface area contributed by atoms with Gasteiger partial charge >= 0.3 is 0 Å². The zero-order valence-corrected chi connectivity index (χ0v) is 26.3. The van der Waals surface area contributed by atoms with Gasteiger partial charge in [-0.25, -0.2) is 0 Å². The van der Waals surface area contributed by atoms with Crippen molar-refractivity contribution in [1.29, 1.82) is 0 Å². The minimum Gasteiger partial charge on any atom is -0.464 e. The summed E-state index contributed by atoms with van der Waals surface area (Å²) in [6.07, 6.45) is -4.33. The lowest BCUT2D eigenvalue weighted by Gasteiger charge is -2.39. The van der Waals surface area contributed by atoms with Crippen molar-refractivity contribution in [3.63, 3.8) is 0 Å². The van der Waals surface area contributed by atoms with Crippen LogP contribution in [0.15, 0.2) is 53.1 Å². The van der Waals surface area contributed by atoms with Crippen molar-refractivity contribution in [2.45, 2.75) is 62.9 Å². The van der Waals surface area contributed by atoms with Crippen LogP contribution in [0.1, 0.15) is 35.3 Å². The van der Waals surface area contributed by atoms with Crippen LogP contribution in [-0.4, -0.2) is 119 Å². The quantitative estimate of drug-likeness (QED) is 0.140. The lowest BCUT2D eigenvalue weighted by molar-refractivity contribution is -0.277. The molecule has 3 amide bonds. The summed E-state index contributed by atoms with van der Waals surface area (Å²) < 4.78 is 17.2. The number of carbonyl (C=O) groups excluding carboxylic acids is 3. The molecule has 0 aliphatic carbocycles. The van der Waals surface area contributed by atoms with Crippen molar-refractivity contribution >= 4 is 28.7 Å². The molecule has 14 heteroatoms. The number of nitrogens with one attached hydrogen (secondary N) is 3. The maximum absolute atomic E-state index is 12.8. The molecular formula is C33H42N4O10. The smallest absolute Gasteiger partial charge is 0.251 e. The largest absolute Gasteiger partial charge is 0.464 e. The van der Waals surface area contributed by atoms with E-state index in [0.717, 1.165) is 11.1 Å². The van der Waals surface area contributed by atoms with Gasteiger partial charge in [0.2, 0.25) is 18.1 Å². The van der Waals surface area contributed by atoms with E-state index in [1.54, 1.807) is 55.3 Å². The number of hydrogen-bond acceptors (Lipinski definition) is 11. The highest BCUT2D eigenvalue weighted by Crippen LogP contribution is 2.34. The molecule has 0 radical (unpaired) electrons. The van der Waals surface area contributed by atoms with E-state index in [0.29, 0.717) is 61.3 Å². The first-order valence-electron chi connectivity index (χ1n) is 15.6. The zero-order chi connectivity index (χ0) is 33.7. The zero-order valence-electron chi connectivity index (χ0n) is 26.3. The average molecular weight is 655 g/mol. The maximum atomic E-state index is 12.8. The summed E-state index contributed by atoms with van der Waals surface area (Å²) in [5.41, 5.74) is 1.56. The lowest BCUT2D eigenvalue weighted by atomic mass is 9.99. The second kappa shape index (κ2) is 14.8. The van der Waals surface area contributed by atoms with Gasteiger partial charge in [0.25, 0.3) is 5.91 Å². The van der Waals surface area contributed by atoms with Crippen molar-refractivity contribution in [3.05, 3.63) is 65.4 Å². The number of aliphatic hydroxyl groups is 4. The highest BCUT2D eigenvalue weighted by molar-refractivity contribution is 5.97. The molecule has 14 nitrogen and oxygen atoms in total. The molecule has 0 unspecified atom stereocenters. The topological polar surface area (TPSA) is 203 Å². The third-order valence-corrected chi connectivity index (χ3v) is 8.43. The number of aliphatic hydroxyl groups excluding tert-OH is 4. The average Bonchev–Trinajstić information content (AvgIpc) is 3.50. The van der Waals surface area contributed by atoms with E-state index >= 15 is 0 Å². The van der Waals surface area contributed by atoms with Crippen molar-refractivity contribution in [3.8, 4) is 5.75 Å². The van der Waals surface area contributed by atoms with Crippen LogP contribution in [0.2, 0.25) is 0 Å². The van der Waals surface area contributed by atoms with Crippen LogP contribution in [0, 0.1) is 0 Å². The molecular weight excluding hydrogens is 612 g/mol. The molecule has 3 heterocycles. The molecule has 2 aromatic carbocycles. The summed E-state index contributed by atoms with van der Waals surface area (Å²) >= 11 is 0. The van der Waals surface area contributed by atoms with Gasteiger partial charge in [0.1, 0.15) is 41.3 Å². The highest BCUT2D eigenvalue weighted by Gasteiger charge is 2.45. The minimum atomic E-state index is -1.57. The van der Waals surface area contributed by atoms with Crippen LogP contribution in [0.3, 0.4) is 0 Å².